The average molecular weight is 311 g/mol. The van der Waals surface area contributed by atoms with Gasteiger partial charge in [-0.15, -0.1) is 0 Å². The van der Waals surface area contributed by atoms with Gasteiger partial charge in [-0.3, -0.25) is 0 Å². The highest BCUT2D eigenvalue weighted by atomic mass is 35.5. The number of carboxylic acids is 1. The van der Waals surface area contributed by atoms with Crippen molar-refractivity contribution in [2.45, 2.75) is 0 Å². The number of rotatable bonds is 6. The molecule has 0 aliphatic rings. The molecular weight excluding hydrogens is 299 g/mol. The van der Waals surface area contributed by atoms with Gasteiger partial charge in [0.2, 0.25) is 0 Å². The fourth-order valence-corrected chi connectivity index (χ4v) is 1.78. The molecule has 0 spiro atoms. The Labute approximate surface area is 125 Å². The minimum absolute atomic E-state index is 0.0115. The molecule has 4 nitrogen and oxygen atoms in total. The second-order valence-corrected chi connectivity index (χ2v) is 4.51. The lowest BCUT2D eigenvalue weighted by atomic mass is 10.2. The lowest BCUT2D eigenvalue weighted by Crippen LogP contribution is -2.09. The molecule has 0 aliphatic heterocycles. The molecule has 21 heavy (non-hydrogen) atoms. The second-order valence-electron chi connectivity index (χ2n) is 4.11. The van der Waals surface area contributed by atoms with Gasteiger partial charge >= 0.3 is 5.97 Å². The van der Waals surface area contributed by atoms with Crippen molar-refractivity contribution in [3.05, 3.63) is 58.9 Å². The third kappa shape index (κ3) is 4.36. The van der Waals surface area contributed by atoms with E-state index in [9.17, 15) is 9.18 Å². The molecule has 6 heteroatoms. The predicted octanol–water partition coefficient (Wildman–Crippen LogP) is 3.64. The Kier molecular flexibility index (Phi) is 5.00. The van der Waals surface area contributed by atoms with Crippen LogP contribution in [0.1, 0.15) is 10.4 Å². The number of benzene rings is 2. The van der Waals surface area contributed by atoms with Crippen LogP contribution in [0, 0.1) is 5.82 Å². The van der Waals surface area contributed by atoms with Crippen molar-refractivity contribution in [1.82, 2.24) is 0 Å². The van der Waals surface area contributed by atoms with Crippen molar-refractivity contribution in [1.29, 1.82) is 0 Å². The maximum atomic E-state index is 13.0. The molecule has 110 valence electrons. The summed E-state index contributed by atoms with van der Waals surface area (Å²) in [7, 11) is 0. The zero-order valence-electron chi connectivity index (χ0n) is 10.9. The van der Waals surface area contributed by atoms with E-state index in [1.165, 1.54) is 30.3 Å². The summed E-state index contributed by atoms with van der Waals surface area (Å²) in [6.07, 6.45) is 0. The van der Waals surface area contributed by atoms with Crippen molar-refractivity contribution >= 4 is 17.6 Å². The van der Waals surface area contributed by atoms with Gasteiger partial charge in [-0.25, -0.2) is 9.18 Å². The van der Waals surface area contributed by atoms with Crippen LogP contribution in [0.4, 0.5) is 4.39 Å². The van der Waals surface area contributed by atoms with Gasteiger partial charge in [0.25, 0.3) is 0 Å². The molecule has 2 aromatic carbocycles. The molecule has 0 aliphatic carbocycles. The van der Waals surface area contributed by atoms with Crippen LogP contribution >= 0.6 is 11.6 Å². The van der Waals surface area contributed by atoms with Gasteiger partial charge in [-0.05, 0) is 30.3 Å². The van der Waals surface area contributed by atoms with E-state index in [2.05, 4.69) is 0 Å². The van der Waals surface area contributed by atoms with Crippen LogP contribution in [-0.4, -0.2) is 24.3 Å². The highest BCUT2D eigenvalue weighted by Crippen LogP contribution is 2.21. The summed E-state index contributed by atoms with van der Waals surface area (Å²) >= 11 is 5.63. The molecule has 0 bridgehead atoms. The lowest BCUT2D eigenvalue weighted by molar-refractivity contribution is 0.0696. The summed E-state index contributed by atoms with van der Waals surface area (Å²) in [5.41, 5.74) is 0.152. The third-order valence-corrected chi connectivity index (χ3v) is 2.88. The normalized spacial score (nSPS) is 10.2. The van der Waals surface area contributed by atoms with Crippen molar-refractivity contribution in [2.24, 2.45) is 0 Å². The number of carbonyl (C=O) groups is 1. The van der Waals surface area contributed by atoms with Gasteiger partial charge in [0.05, 0.1) is 10.6 Å². The molecule has 0 unspecified atom stereocenters. The first kappa shape index (κ1) is 15.1. The van der Waals surface area contributed by atoms with E-state index in [1.54, 1.807) is 12.1 Å². The Morgan fingerprint density at radius 1 is 1.10 bits per heavy atom. The zero-order valence-corrected chi connectivity index (χ0v) is 11.6. The van der Waals surface area contributed by atoms with Crippen LogP contribution in [0.5, 0.6) is 11.5 Å². The van der Waals surface area contributed by atoms with Crippen LogP contribution < -0.4 is 9.47 Å². The molecule has 0 saturated heterocycles. The highest BCUT2D eigenvalue weighted by Gasteiger charge is 2.04. The number of ether oxygens (including phenoxy) is 2. The SMILES string of the molecule is O=C(O)c1cccc(OCCOc2ccc(F)c(Cl)c2)c1. The first-order valence-electron chi connectivity index (χ1n) is 6.10. The Morgan fingerprint density at radius 3 is 2.38 bits per heavy atom. The van der Waals surface area contributed by atoms with Crippen LogP contribution in [0.2, 0.25) is 5.02 Å². The van der Waals surface area contributed by atoms with Gasteiger partial charge < -0.3 is 14.6 Å². The van der Waals surface area contributed by atoms with E-state index in [0.29, 0.717) is 11.5 Å². The molecule has 2 rings (SSSR count). The first-order chi connectivity index (χ1) is 10.1. The molecule has 0 saturated carbocycles. The van der Waals surface area contributed by atoms with E-state index in [4.69, 9.17) is 26.2 Å². The molecule has 1 N–H and O–H groups in total. The van der Waals surface area contributed by atoms with Gasteiger partial charge in [0.15, 0.2) is 0 Å². The lowest BCUT2D eigenvalue weighted by Gasteiger charge is -2.09. The maximum absolute atomic E-state index is 13.0. The van der Waals surface area contributed by atoms with Crippen molar-refractivity contribution in [2.75, 3.05) is 13.2 Å². The van der Waals surface area contributed by atoms with Crippen molar-refractivity contribution < 1.29 is 23.8 Å². The smallest absolute Gasteiger partial charge is 0.335 e. The van der Waals surface area contributed by atoms with E-state index in [1.807, 2.05) is 0 Å². The number of hydrogen-bond donors (Lipinski definition) is 1. The Morgan fingerprint density at radius 2 is 1.76 bits per heavy atom. The van der Waals surface area contributed by atoms with Gasteiger partial charge in [0, 0.05) is 6.07 Å². The van der Waals surface area contributed by atoms with E-state index >= 15 is 0 Å². The fraction of sp³-hybridized carbons (Fsp3) is 0.133. The zero-order chi connectivity index (χ0) is 15.2. The largest absolute Gasteiger partial charge is 0.490 e. The predicted molar refractivity (Wildman–Crippen MR) is 75.8 cm³/mol. The van der Waals surface area contributed by atoms with Crippen LogP contribution in [0.25, 0.3) is 0 Å². The van der Waals surface area contributed by atoms with Crippen LogP contribution in [0.3, 0.4) is 0 Å². The average Bonchev–Trinajstić information content (AvgIpc) is 2.47. The summed E-state index contributed by atoms with van der Waals surface area (Å²) < 4.78 is 23.7. The highest BCUT2D eigenvalue weighted by molar-refractivity contribution is 6.30. The van der Waals surface area contributed by atoms with E-state index in [0.717, 1.165) is 0 Å². The molecule has 0 aromatic heterocycles. The molecular formula is C15H12ClFO4. The van der Waals surface area contributed by atoms with Gasteiger partial charge in [-0.2, -0.15) is 0 Å². The summed E-state index contributed by atoms with van der Waals surface area (Å²) in [5, 5.41) is 8.84. The summed E-state index contributed by atoms with van der Waals surface area (Å²) in [6, 6.07) is 10.2. The Balaban J connectivity index is 1.83. The number of hydrogen-bond acceptors (Lipinski definition) is 3. The third-order valence-electron chi connectivity index (χ3n) is 2.59. The Hall–Kier alpha value is -2.27. The molecule has 2 aromatic rings. The molecule has 0 amide bonds. The van der Waals surface area contributed by atoms with E-state index in [-0.39, 0.29) is 23.8 Å². The standard InChI is InChI=1S/C15H12ClFO4/c16-13-9-12(4-5-14(13)17)21-7-6-20-11-3-1-2-10(8-11)15(18)19/h1-5,8-9H,6-7H2,(H,18,19). The minimum Gasteiger partial charge on any atom is -0.490 e. The van der Waals surface area contributed by atoms with Gasteiger partial charge in [-0.1, -0.05) is 17.7 Å². The molecule has 0 fully saturated rings. The minimum atomic E-state index is -1.02. The first-order valence-corrected chi connectivity index (χ1v) is 6.48. The van der Waals surface area contributed by atoms with E-state index < -0.39 is 11.8 Å². The monoisotopic (exact) mass is 310 g/mol. The van der Waals surface area contributed by atoms with Crippen molar-refractivity contribution in [3.63, 3.8) is 0 Å². The number of aromatic carboxylic acids is 1. The van der Waals surface area contributed by atoms with Gasteiger partial charge in [0.1, 0.15) is 30.5 Å². The Bertz CT molecular complexity index is 645. The second kappa shape index (κ2) is 6.95. The topological polar surface area (TPSA) is 55.8 Å². The summed E-state index contributed by atoms with van der Waals surface area (Å²) in [6.45, 7) is 0.442. The quantitative estimate of drug-likeness (QED) is 0.828. The fourth-order valence-electron chi connectivity index (χ4n) is 1.60. The molecule has 0 atom stereocenters. The molecule has 0 heterocycles. The maximum Gasteiger partial charge on any atom is 0.335 e. The van der Waals surface area contributed by atoms with Crippen LogP contribution in [0.15, 0.2) is 42.5 Å². The summed E-state index contributed by atoms with van der Waals surface area (Å²) in [5.74, 6) is -0.650. The molecule has 0 radical (unpaired) electrons. The van der Waals surface area contributed by atoms with Crippen molar-refractivity contribution in [3.8, 4) is 11.5 Å². The van der Waals surface area contributed by atoms with Crippen LogP contribution in [-0.2, 0) is 0 Å². The summed E-state index contributed by atoms with van der Waals surface area (Å²) in [4.78, 5) is 10.8. The number of halogens is 2. The number of carboxylic acid groups (broad SMARTS) is 1.